The Balaban J connectivity index is 1.41. The Kier molecular flexibility index (Phi) is 8.14. The van der Waals surface area contributed by atoms with E-state index in [9.17, 15) is 9.59 Å². The Morgan fingerprint density at radius 1 is 1.11 bits per heavy atom. The minimum absolute atomic E-state index is 0.114. The van der Waals surface area contributed by atoms with Crippen molar-refractivity contribution in [2.24, 2.45) is 18.9 Å². The van der Waals surface area contributed by atoms with Crippen LogP contribution in [0.2, 0.25) is 0 Å². The van der Waals surface area contributed by atoms with E-state index >= 15 is 0 Å². The van der Waals surface area contributed by atoms with E-state index in [0.717, 1.165) is 31.2 Å². The number of pyridine rings is 1. The second-order valence-corrected chi connectivity index (χ2v) is 8.86. The Labute approximate surface area is 210 Å². The van der Waals surface area contributed by atoms with Crippen molar-refractivity contribution in [3.8, 4) is 17.1 Å². The van der Waals surface area contributed by atoms with E-state index in [-0.39, 0.29) is 24.4 Å². The highest BCUT2D eigenvalue weighted by Gasteiger charge is 2.32. The van der Waals surface area contributed by atoms with E-state index in [2.05, 4.69) is 20.6 Å². The molecule has 0 aliphatic heterocycles. The molecule has 2 aromatic heterocycles. The summed E-state index contributed by atoms with van der Waals surface area (Å²) in [5.41, 5.74) is 2.51. The number of aryl methyl sites for hydroxylation is 2. The summed E-state index contributed by atoms with van der Waals surface area (Å²) in [5, 5.41) is 10.9. The molecule has 0 bridgehead atoms. The SMILES string of the molecule is COC(=O)[C@H]1CCCC[C@@H]1COc1ccc(-c2nnn(C)c2NC(=O)OCc2ccccc2)nc1C. The molecule has 1 amide bonds. The third kappa shape index (κ3) is 5.99. The van der Waals surface area contributed by atoms with Crippen LogP contribution in [0.15, 0.2) is 42.5 Å². The average molecular weight is 494 g/mol. The van der Waals surface area contributed by atoms with Crippen molar-refractivity contribution < 1.29 is 23.8 Å². The second-order valence-electron chi connectivity index (χ2n) is 8.86. The first-order valence-electron chi connectivity index (χ1n) is 12.0. The lowest BCUT2D eigenvalue weighted by Gasteiger charge is -2.29. The van der Waals surface area contributed by atoms with Gasteiger partial charge in [0.1, 0.15) is 12.4 Å². The zero-order chi connectivity index (χ0) is 25.5. The fourth-order valence-electron chi connectivity index (χ4n) is 4.42. The summed E-state index contributed by atoms with van der Waals surface area (Å²) in [6.07, 6.45) is 3.25. The fourth-order valence-corrected chi connectivity index (χ4v) is 4.42. The summed E-state index contributed by atoms with van der Waals surface area (Å²) >= 11 is 0. The van der Waals surface area contributed by atoms with Gasteiger partial charge in [0.15, 0.2) is 11.5 Å². The lowest BCUT2D eigenvalue weighted by Crippen LogP contribution is -2.32. The van der Waals surface area contributed by atoms with Crippen LogP contribution in [0.1, 0.15) is 36.9 Å². The Bertz CT molecular complexity index is 1200. The number of nitrogens with one attached hydrogen (secondary N) is 1. The summed E-state index contributed by atoms with van der Waals surface area (Å²) in [7, 11) is 3.11. The van der Waals surface area contributed by atoms with Gasteiger partial charge in [-0.05, 0) is 37.5 Å². The monoisotopic (exact) mass is 493 g/mol. The number of methoxy groups -OCH3 is 1. The van der Waals surface area contributed by atoms with Gasteiger partial charge in [0, 0.05) is 13.0 Å². The molecule has 0 saturated heterocycles. The van der Waals surface area contributed by atoms with E-state index in [4.69, 9.17) is 14.2 Å². The summed E-state index contributed by atoms with van der Waals surface area (Å²) in [5.74, 6) is 0.818. The molecule has 36 heavy (non-hydrogen) atoms. The van der Waals surface area contributed by atoms with Crippen LogP contribution in [0.25, 0.3) is 11.4 Å². The number of carbonyl (C=O) groups is 2. The van der Waals surface area contributed by atoms with Gasteiger partial charge in [0.05, 0.1) is 31.0 Å². The molecule has 1 aromatic carbocycles. The van der Waals surface area contributed by atoms with Gasteiger partial charge in [0.2, 0.25) is 0 Å². The average Bonchev–Trinajstić information content (AvgIpc) is 3.26. The van der Waals surface area contributed by atoms with E-state index in [1.165, 1.54) is 11.8 Å². The predicted molar refractivity (Wildman–Crippen MR) is 132 cm³/mol. The molecular formula is C26H31N5O5. The van der Waals surface area contributed by atoms with Gasteiger partial charge in [-0.1, -0.05) is 48.4 Å². The summed E-state index contributed by atoms with van der Waals surface area (Å²) in [4.78, 5) is 29.2. The van der Waals surface area contributed by atoms with E-state index in [1.54, 1.807) is 13.1 Å². The largest absolute Gasteiger partial charge is 0.491 e. The van der Waals surface area contributed by atoms with Crippen molar-refractivity contribution in [1.82, 2.24) is 20.0 Å². The van der Waals surface area contributed by atoms with Gasteiger partial charge in [-0.3, -0.25) is 10.1 Å². The molecule has 2 atom stereocenters. The van der Waals surface area contributed by atoms with Crippen molar-refractivity contribution in [2.45, 2.75) is 39.2 Å². The number of nitrogens with zero attached hydrogens (tertiary/aromatic N) is 4. The smallest absolute Gasteiger partial charge is 0.413 e. The number of anilines is 1. The molecule has 10 heteroatoms. The maximum Gasteiger partial charge on any atom is 0.413 e. The third-order valence-electron chi connectivity index (χ3n) is 6.41. The van der Waals surface area contributed by atoms with Crippen molar-refractivity contribution in [1.29, 1.82) is 0 Å². The zero-order valence-electron chi connectivity index (χ0n) is 20.8. The standard InChI is InChI=1S/C26H31N5O5/c1-17-22(35-16-19-11-7-8-12-20(19)25(32)34-3)14-13-21(27-17)23-24(31(2)30-29-23)28-26(33)36-15-18-9-5-4-6-10-18/h4-6,9-10,13-14,19-20H,7-8,11-12,15-16H2,1-3H3,(H,28,33)/t19-,20+/m1/s1. The Hall–Kier alpha value is -3.95. The normalized spacial score (nSPS) is 17.3. The summed E-state index contributed by atoms with van der Waals surface area (Å²) in [6.45, 7) is 2.41. The molecule has 3 aromatic rings. The van der Waals surface area contributed by atoms with E-state index in [1.807, 2.05) is 43.3 Å². The number of amides is 1. The molecule has 0 radical (unpaired) electrons. The molecule has 4 rings (SSSR count). The van der Waals surface area contributed by atoms with Gasteiger partial charge >= 0.3 is 12.1 Å². The highest BCUT2D eigenvalue weighted by molar-refractivity contribution is 5.88. The van der Waals surface area contributed by atoms with Crippen LogP contribution in [0.4, 0.5) is 10.6 Å². The molecule has 1 saturated carbocycles. The topological polar surface area (TPSA) is 117 Å². The third-order valence-corrected chi connectivity index (χ3v) is 6.41. The molecule has 190 valence electrons. The number of hydrogen-bond donors (Lipinski definition) is 1. The first kappa shape index (κ1) is 25.2. The van der Waals surface area contributed by atoms with Gasteiger partial charge in [-0.25, -0.2) is 14.5 Å². The number of aromatic nitrogens is 4. The number of rotatable bonds is 8. The van der Waals surface area contributed by atoms with Crippen molar-refractivity contribution >= 4 is 17.9 Å². The second kappa shape index (κ2) is 11.7. The minimum atomic E-state index is -0.616. The van der Waals surface area contributed by atoms with E-state index in [0.29, 0.717) is 35.3 Å². The summed E-state index contributed by atoms with van der Waals surface area (Å²) < 4.78 is 17.8. The van der Waals surface area contributed by atoms with Crippen molar-refractivity contribution in [2.75, 3.05) is 19.0 Å². The maximum absolute atomic E-state index is 12.4. The lowest BCUT2D eigenvalue weighted by atomic mass is 9.80. The molecular weight excluding hydrogens is 462 g/mol. The van der Waals surface area contributed by atoms with Crippen molar-refractivity contribution in [3.63, 3.8) is 0 Å². The first-order valence-corrected chi connectivity index (χ1v) is 12.0. The van der Waals surface area contributed by atoms with Gasteiger partial charge in [-0.15, -0.1) is 5.10 Å². The molecule has 0 spiro atoms. The highest BCUT2D eigenvalue weighted by Crippen LogP contribution is 2.32. The van der Waals surface area contributed by atoms with Crippen LogP contribution in [-0.2, 0) is 27.9 Å². The Morgan fingerprint density at radius 2 is 1.89 bits per heavy atom. The van der Waals surface area contributed by atoms with Crippen LogP contribution in [0, 0.1) is 18.8 Å². The van der Waals surface area contributed by atoms with Gasteiger partial charge in [-0.2, -0.15) is 0 Å². The van der Waals surface area contributed by atoms with Gasteiger partial charge < -0.3 is 14.2 Å². The Morgan fingerprint density at radius 3 is 2.64 bits per heavy atom. The van der Waals surface area contributed by atoms with Crippen LogP contribution >= 0.6 is 0 Å². The highest BCUT2D eigenvalue weighted by atomic mass is 16.5. The van der Waals surface area contributed by atoms with Crippen LogP contribution < -0.4 is 10.1 Å². The molecule has 0 unspecified atom stereocenters. The minimum Gasteiger partial charge on any atom is -0.491 e. The van der Waals surface area contributed by atoms with E-state index < -0.39 is 6.09 Å². The quantitative estimate of drug-likeness (QED) is 0.462. The summed E-state index contributed by atoms with van der Waals surface area (Å²) in [6, 6.07) is 13.0. The fraction of sp³-hybridized carbons (Fsp3) is 0.423. The maximum atomic E-state index is 12.4. The number of benzene rings is 1. The predicted octanol–water partition coefficient (Wildman–Crippen LogP) is 4.29. The zero-order valence-corrected chi connectivity index (χ0v) is 20.8. The molecule has 1 aliphatic rings. The number of ether oxygens (including phenoxy) is 3. The van der Waals surface area contributed by atoms with Crippen molar-refractivity contribution in [3.05, 3.63) is 53.7 Å². The van der Waals surface area contributed by atoms with Gasteiger partial charge in [0.25, 0.3) is 0 Å². The molecule has 1 aliphatic carbocycles. The van der Waals surface area contributed by atoms with Crippen LogP contribution in [-0.4, -0.2) is 45.8 Å². The number of carbonyl (C=O) groups excluding carboxylic acids is 2. The first-order chi connectivity index (χ1) is 17.5. The number of esters is 1. The molecule has 1 fully saturated rings. The van der Waals surface area contributed by atoms with Crippen LogP contribution in [0.5, 0.6) is 5.75 Å². The molecule has 10 nitrogen and oxygen atoms in total. The molecule has 2 heterocycles. The number of hydrogen-bond acceptors (Lipinski definition) is 8. The van der Waals surface area contributed by atoms with Crippen LogP contribution in [0.3, 0.4) is 0 Å². The lowest BCUT2D eigenvalue weighted by molar-refractivity contribution is -0.149. The molecule has 1 N–H and O–H groups in total.